The number of aromatic amines is 1. The molecule has 1 amide bonds. The fraction of sp³-hybridized carbons (Fsp3) is 0.267. The molecule has 0 aliphatic rings. The van der Waals surface area contributed by atoms with Crippen molar-refractivity contribution in [3.05, 3.63) is 42.5 Å². The number of thioether (sulfide) groups is 1. The van der Waals surface area contributed by atoms with Gasteiger partial charge < -0.3 is 5.32 Å². The molecule has 0 saturated heterocycles. The van der Waals surface area contributed by atoms with Gasteiger partial charge in [0.1, 0.15) is 0 Å². The van der Waals surface area contributed by atoms with Crippen LogP contribution in [-0.2, 0) is 4.79 Å². The highest BCUT2D eigenvalue weighted by atomic mass is 32.2. The largest absolute Gasteiger partial charge is 0.352 e. The second-order valence-corrected chi connectivity index (χ2v) is 5.93. The Morgan fingerprint density at radius 2 is 2.19 bits per heavy atom. The normalized spacial score (nSPS) is 11.9. The van der Waals surface area contributed by atoms with E-state index in [-0.39, 0.29) is 11.2 Å². The number of nitrogens with one attached hydrogen (secondary N) is 2. The van der Waals surface area contributed by atoms with E-state index >= 15 is 0 Å². The molecule has 0 fully saturated rings. The van der Waals surface area contributed by atoms with Gasteiger partial charge in [-0.25, -0.2) is 4.98 Å². The smallest absolute Gasteiger partial charge is 0.233 e. The first kappa shape index (κ1) is 15.3. The van der Waals surface area contributed by atoms with Gasteiger partial charge in [-0.2, -0.15) is 0 Å². The van der Waals surface area contributed by atoms with E-state index < -0.39 is 0 Å². The van der Waals surface area contributed by atoms with Crippen LogP contribution in [0.3, 0.4) is 0 Å². The molecule has 2 rings (SSSR count). The van der Waals surface area contributed by atoms with Gasteiger partial charge >= 0.3 is 0 Å². The minimum atomic E-state index is -0.258. The number of amides is 1. The number of carbonyl (C=O) groups is 1. The van der Waals surface area contributed by atoms with Gasteiger partial charge in [0.05, 0.1) is 5.25 Å². The fourth-order valence-electron chi connectivity index (χ4n) is 1.67. The molecule has 6 heteroatoms. The van der Waals surface area contributed by atoms with Gasteiger partial charge in [0.2, 0.25) is 11.1 Å². The van der Waals surface area contributed by atoms with Crippen LogP contribution in [0.4, 0.5) is 0 Å². The van der Waals surface area contributed by atoms with Gasteiger partial charge in [-0.05, 0) is 13.8 Å². The van der Waals surface area contributed by atoms with E-state index in [9.17, 15) is 4.79 Å². The molecule has 1 heterocycles. The Labute approximate surface area is 128 Å². The van der Waals surface area contributed by atoms with Crippen LogP contribution in [-0.4, -0.2) is 32.9 Å². The molecule has 2 N–H and O–H groups in total. The highest BCUT2D eigenvalue weighted by molar-refractivity contribution is 8.00. The van der Waals surface area contributed by atoms with Crippen LogP contribution in [0.15, 0.2) is 42.1 Å². The first-order valence-corrected chi connectivity index (χ1v) is 7.53. The molecule has 21 heavy (non-hydrogen) atoms. The van der Waals surface area contributed by atoms with E-state index in [0.29, 0.717) is 17.5 Å². The molecule has 0 aliphatic carbocycles. The second-order valence-electron chi connectivity index (χ2n) is 4.63. The minimum Gasteiger partial charge on any atom is -0.352 e. The van der Waals surface area contributed by atoms with Crippen LogP contribution in [0.2, 0.25) is 0 Å². The zero-order valence-corrected chi connectivity index (χ0v) is 12.9. The fourth-order valence-corrected chi connectivity index (χ4v) is 2.42. The number of hydrogen-bond donors (Lipinski definition) is 2. The summed E-state index contributed by atoms with van der Waals surface area (Å²) in [5, 5.41) is 10.1. The lowest BCUT2D eigenvalue weighted by atomic mass is 10.1. The number of H-pyrrole nitrogens is 1. The highest BCUT2D eigenvalue weighted by Gasteiger charge is 2.16. The minimum absolute atomic E-state index is 0.0541. The second kappa shape index (κ2) is 7.08. The summed E-state index contributed by atoms with van der Waals surface area (Å²) >= 11 is 1.32. The van der Waals surface area contributed by atoms with Crippen molar-refractivity contribution in [2.75, 3.05) is 6.54 Å². The van der Waals surface area contributed by atoms with Gasteiger partial charge in [0.15, 0.2) is 5.82 Å². The summed E-state index contributed by atoms with van der Waals surface area (Å²) in [5.41, 5.74) is 2.17. The van der Waals surface area contributed by atoms with Gasteiger partial charge in [-0.3, -0.25) is 9.89 Å². The number of aryl methyl sites for hydroxylation is 1. The van der Waals surface area contributed by atoms with Crippen molar-refractivity contribution in [3.63, 3.8) is 0 Å². The van der Waals surface area contributed by atoms with E-state index in [2.05, 4.69) is 27.1 Å². The summed E-state index contributed by atoms with van der Waals surface area (Å²) < 4.78 is 0. The topological polar surface area (TPSA) is 70.7 Å². The van der Waals surface area contributed by atoms with Crippen molar-refractivity contribution in [2.24, 2.45) is 0 Å². The average Bonchev–Trinajstić information content (AvgIpc) is 2.93. The van der Waals surface area contributed by atoms with Crippen LogP contribution < -0.4 is 5.32 Å². The predicted molar refractivity (Wildman–Crippen MR) is 85.1 cm³/mol. The predicted octanol–water partition coefficient (Wildman–Crippen LogP) is 2.56. The Morgan fingerprint density at radius 3 is 2.86 bits per heavy atom. The SMILES string of the molecule is C=CCNC(=O)[C@H](C)Sc1n[nH]c(-c2ccc(C)cc2)n1. The molecular weight excluding hydrogens is 284 g/mol. The van der Waals surface area contributed by atoms with Crippen LogP contribution in [0.5, 0.6) is 0 Å². The lowest BCUT2D eigenvalue weighted by Crippen LogP contribution is -2.30. The molecule has 0 unspecified atom stereocenters. The van der Waals surface area contributed by atoms with Crippen molar-refractivity contribution in [2.45, 2.75) is 24.3 Å². The van der Waals surface area contributed by atoms with E-state index in [1.807, 2.05) is 38.1 Å². The number of benzene rings is 1. The summed E-state index contributed by atoms with van der Waals surface area (Å²) in [5.74, 6) is 0.651. The van der Waals surface area contributed by atoms with Crippen molar-refractivity contribution < 1.29 is 4.79 Å². The summed E-state index contributed by atoms with van der Waals surface area (Å²) in [7, 11) is 0. The highest BCUT2D eigenvalue weighted by Crippen LogP contribution is 2.22. The molecule has 2 aromatic rings. The Balaban J connectivity index is 2.01. The summed E-state index contributed by atoms with van der Waals surface area (Å²) in [4.78, 5) is 16.2. The van der Waals surface area contributed by atoms with Crippen LogP contribution >= 0.6 is 11.8 Å². The summed E-state index contributed by atoms with van der Waals surface area (Å²) in [6, 6.07) is 8.03. The van der Waals surface area contributed by atoms with Gasteiger partial charge in [0, 0.05) is 12.1 Å². The average molecular weight is 302 g/mol. The Kier molecular flexibility index (Phi) is 5.16. The van der Waals surface area contributed by atoms with E-state index in [4.69, 9.17) is 0 Å². The van der Waals surface area contributed by atoms with Crippen molar-refractivity contribution in [1.82, 2.24) is 20.5 Å². The van der Waals surface area contributed by atoms with Crippen LogP contribution in [0, 0.1) is 6.92 Å². The maximum atomic E-state index is 11.8. The van der Waals surface area contributed by atoms with Crippen LogP contribution in [0.1, 0.15) is 12.5 Å². The van der Waals surface area contributed by atoms with Gasteiger partial charge in [-0.15, -0.1) is 11.7 Å². The quantitative estimate of drug-likeness (QED) is 0.635. The molecule has 110 valence electrons. The molecular formula is C15H18N4OS. The van der Waals surface area contributed by atoms with E-state index in [1.54, 1.807) is 6.08 Å². The summed E-state index contributed by atoms with van der Waals surface area (Å²) in [6.07, 6.45) is 1.65. The van der Waals surface area contributed by atoms with Crippen LogP contribution in [0.25, 0.3) is 11.4 Å². The first-order chi connectivity index (χ1) is 10.1. The first-order valence-electron chi connectivity index (χ1n) is 6.65. The summed E-state index contributed by atoms with van der Waals surface area (Å²) in [6.45, 7) is 7.89. The van der Waals surface area contributed by atoms with Crippen molar-refractivity contribution in [3.8, 4) is 11.4 Å². The van der Waals surface area contributed by atoms with E-state index in [0.717, 1.165) is 5.56 Å². The lowest BCUT2D eigenvalue weighted by molar-refractivity contribution is -0.120. The Morgan fingerprint density at radius 1 is 1.48 bits per heavy atom. The molecule has 1 aromatic heterocycles. The molecule has 1 atom stereocenters. The zero-order valence-electron chi connectivity index (χ0n) is 12.1. The van der Waals surface area contributed by atoms with Crippen molar-refractivity contribution in [1.29, 1.82) is 0 Å². The number of aromatic nitrogens is 3. The third-order valence-corrected chi connectivity index (χ3v) is 3.82. The van der Waals surface area contributed by atoms with E-state index in [1.165, 1.54) is 17.3 Å². The molecule has 1 aromatic carbocycles. The third kappa shape index (κ3) is 4.19. The molecule has 0 spiro atoms. The van der Waals surface area contributed by atoms with Gasteiger partial charge in [0.25, 0.3) is 0 Å². The maximum Gasteiger partial charge on any atom is 0.233 e. The molecule has 0 radical (unpaired) electrons. The number of carbonyl (C=O) groups excluding carboxylic acids is 1. The van der Waals surface area contributed by atoms with Crippen molar-refractivity contribution >= 4 is 17.7 Å². The molecule has 0 aliphatic heterocycles. The standard InChI is InChI=1S/C15H18N4OS/c1-4-9-16-14(20)11(3)21-15-17-13(18-19-15)12-7-5-10(2)6-8-12/h4-8,11H,1,9H2,2-3H3,(H,16,20)(H,17,18,19)/t11-/m0/s1. The molecule has 5 nitrogen and oxygen atoms in total. The maximum absolute atomic E-state index is 11.8. The lowest BCUT2D eigenvalue weighted by Gasteiger charge is -2.07. The number of nitrogens with zero attached hydrogens (tertiary/aromatic N) is 2. The third-order valence-electron chi connectivity index (χ3n) is 2.86. The number of hydrogen-bond acceptors (Lipinski definition) is 4. The molecule has 0 bridgehead atoms. The number of rotatable bonds is 6. The monoisotopic (exact) mass is 302 g/mol. The Hall–Kier alpha value is -2.08. The molecule has 0 saturated carbocycles. The van der Waals surface area contributed by atoms with Gasteiger partial charge in [-0.1, -0.05) is 47.7 Å². The Bertz CT molecular complexity index is 621. The zero-order chi connectivity index (χ0) is 15.2.